The molecule has 2 aromatic heterocycles. The van der Waals surface area contributed by atoms with Crippen LogP contribution in [-0.2, 0) is 26.6 Å². The van der Waals surface area contributed by atoms with Gasteiger partial charge in [0, 0.05) is 35.3 Å². The maximum Gasteiger partial charge on any atom is 0.264 e. The normalized spacial score (nSPS) is 12.0. The van der Waals surface area contributed by atoms with Crippen LogP contribution in [0.1, 0.15) is 5.56 Å². The number of nitrogens with zero attached hydrogens (tertiary/aromatic N) is 2. The topological polar surface area (TPSA) is 153 Å². The molecular weight excluding hydrogens is 528 g/mol. The number of hydrogen-bond donors (Lipinski definition) is 3. The van der Waals surface area contributed by atoms with E-state index in [9.17, 15) is 25.6 Å². The highest BCUT2D eigenvalue weighted by atomic mass is 32.2. The Bertz CT molecular complexity index is 1730. The quantitative estimate of drug-likeness (QED) is 0.303. The molecule has 2 heterocycles. The van der Waals surface area contributed by atoms with E-state index in [-0.39, 0.29) is 23.9 Å². The molecule has 10 nitrogen and oxygen atoms in total. The fraction of sp³-hybridized carbons (Fsp3) is 0.130. The summed E-state index contributed by atoms with van der Waals surface area (Å²) in [6.45, 7) is -0.0478. The number of ether oxygens (including phenoxy) is 1. The van der Waals surface area contributed by atoms with E-state index in [0.29, 0.717) is 33.7 Å². The maximum absolute atomic E-state index is 14.1. The second-order valence-corrected chi connectivity index (χ2v) is 11.5. The first-order valence-corrected chi connectivity index (χ1v) is 13.9. The number of pyridine rings is 2. The van der Waals surface area contributed by atoms with E-state index < -0.39 is 36.6 Å². The van der Waals surface area contributed by atoms with Gasteiger partial charge in [-0.1, -0.05) is 6.07 Å². The van der Waals surface area contributed by atoms with Crippen LogP contribution in [-0.4, -0.2) is 40.2 Å². The van der Waals surface area contributed by atoms with Crippen molar-refractivity contribution in [1.29, 1.82) is 0 Å². The molecule has 0 aliphatic carbocycles. The lowest BCUT2D eigenvalue weighted by Crippen LogP contribution is -2.22. The van der Waals surface area contributed by atoms with Gasteiger partial charge in [0.2, 0.25) is 15.9 Å². The number of aromatic nitrogens is 2. The lowest BCUT2D eigenvalue weighted by Gasteiger charge is -2.14. The lowest BCUT2D eigenvalue weighted by atomic mass is 10.0. The monoisotopic (exact) mass is 549 g/mol. The molecule has 0 amide bonds. The van der Waals surface area contributed by atoms with E-state index in [2.05, 4.69) is 19.4 Å². The van der Waals surface area contributed by atoms with E-state index in [1.165, 1.54) is 19.4 Å². The maximum atomic E-state index is 14.1. The summed E-state index contributed by atoms with van der Waals surface area (Å²) in [6, 6.07) is 10.4. The molecule has 4 aromatic rings. The average Bonchev–Trinajstić information content (AvgIpc) is 2.81. The number of methoxy groups -OCH3 is 1. The molecule has 14 heteroatoms. The van der Waals surface area contributed by atoms with Gasteiger partial charge in [-0.3, -0.25) is 4.72 Å². The van der Waals surface area contributed by atoms with Crippen LogP contribution in [0.2, 0.25) is 0 Å². The van der Waals surface area contributed by atoms with Gasteiger partial charge >= 0.3 is 0 Å². The van der Waals surface area contributed by atoms with Crippen LogP contribution in [0, 0.1) is 11.6 Å². The predicted octanol–water partition coefficient (Wildman–Crippen LogP) is 3.02. The number of benzene rings is 2. The van der Waals surface area contributed by atoms with E-state index in [1.807, 2.05) is 0 Å². The Hall–Kier alpha value is -3.88. The molecule has 0 radical (unpaired) electrons. The molecular formula is C23H21F2N5O5S2. The minimum atomic E-state index is -4.45. The Morgan fingerprint density at radius 1 is 1.00 bits per heavy atom. The summed E-state index contributed by atoms with van der Waals surface area (Å²) in [4.78, 5) is 7.70. The van der Waals surface area contributed by atoms with Crippen LogP contribution in [0.15, 0.2) is 59.6 Å². The predicted molar refractivity (Wildman–Crippen MR) is 135 cm³/mol. The summed E-state index contributed by atoms with van der Waals surface area (Å²) in [6.07, 6.45) is 2.48. The van der Waals surface area contributed by atoms with Gasteiger partial charge in [-0.05, 0) is 42.0 Å². The number of anilines is 2. The van der Waals surface area contributed by atoms with Crippen LogP contribution in [0.3, 0.4) is 0 Å². The van der Waals surface area contributed by atoms with Gasteiger partial charge in [0.05, 0.1) is 18.9 Å². The first-order valence-electron chi connectivity index (χ1n) is 10.5. The van der Waals surface area contributed by atoms with Gasteiger partial charge in [-0.2, -0.15) is 0 Å². The second-order valence-electron chi connectivity index (χ2n) is 7.99. The van der Waals surface area contributed by atoms with Crippen molar-refractivity contribution in [3.05, 3.63) is 71.9 Å². The van der Waals surface area contributed by atoms with Crippen LogP contribution < -0.4 is 19.9 Å². The van der Waals surface area contributed by atoms with Gasteiger partial charge in [0.1, 0.15) is 28.0 Å². The number of halogens is 2. The first-order chi connectivity index (χ1) is 17.4. The zero-order chi connectivity index (χ0) is 27.0. The summed E-state index contributed by atoms with van der Waals surface area (Å²) >= 11 is 0. The first kappa shape index (κ1) is 26.2. The van der Waals surface area contributed by atoms with E-state index >= 15 is 0 Å². The molecule has 0 aliphatic rings. The summed E-state index contributed by atoms with van der Waals surface area (Å²) < 4.78 is 85.7. The molecule has 4 N–H and O–H groups in total. The van der Waals surface area contributed by atoms with Crippen LogP contribution in [0.4, 0.5) is 20.3 Å². The zero-order valence-corrected chi connectivity index (χ0v) is 21.1. The van der Waals surface area contributed by atoms with Gasteiger partial charge in [0.15, 0.2) is 0 Å². The van der Waals surface area contributed by atoms with Crippen LogP contribution in [0.5, 0.6) is 5.88 Å². The number of rotatable bonds is 8. The van der Waals surface area contributed by atoms with Gasteiger partial charge in [0.25, 0.3) is 10.0 Å². The van der Waals surface area contributed by atoms with Crippen molar-refractivity contribution in [2.24, 2.45) is 0 Å². The van der Waals surface area contributed by atoms with E-state index in [4.69, 9.17) is 10.5 Å². The third-order valence-electron chi connectivity index (χ3n) is 5.26. The number of fused-ring (bicyclic) bond motifs is 1. The molecule has 0 fully saturated rings. The highest BCUT2D eigenvalue weighted by Crippen LogP contribution is 2.32. The fourth-order valence-corrected chi connectivity index (χ4v) is 5.03. The van der Waals surface area contributed by atoms with Crippen LogP contribution >= 0.6 is 0 Å². The smallest absolute Gasteiger partial charge is 0.264 e. The minimum absolute atomic E-state index is 0.0478. The molecule has 2 aromatic carbocycles. The molecule has 0 saturated carbocycles. The van der Waals surface area contributed by atoms with E-state index in [1.54, 1.807) is 24.3 Å². The number of nitrogens with two attached hydrogens (primary N) is 1. The molecule has 194 valence electrons. The second kappa shape index (κ2) is 9.88. The molecule has 0 unspecified atom stereocenters. The average molecular weight is 550 g/mol. The SMILES string of the molecule is COc1ncc(-c2ccc3nc(N)c(CNS(C)(=O)=O)cc3c2)cc1NS(=O)(=O)c1ccc(F)cc1F. The third kappa shape index (κ3) is 5.93. The number of nitrogens with one attached hydrogen (secondary N) is 2. The van der Waals surface area contributed by atoms with Gasteiger partial charge in [-0.25, -0.2) is 40.3 Å². The van der Waals surface area contributed by atoms with Gasteiger partial charge in [-0.15, -0.1) is 0 Å². The van der Waals surface area contributed by atoms with Crippen molar-refractivity contribution in [1.82, 2.24) is 14.7 Å². The zero-order valence-electron chi connectivity index (χ0n) is 19.5. The Kier molecular flexibility index (Phi) is 6.99. The highest BCUT2D eigenvalue weighted by molar-refractivity contribution is 7.92. The lowest BCUT2D eigenvalue weighted by molar-refractivity contribution is 0.400. The summed E-state index contributed by atoms with van der Waals surface area (Å²) in [7, 11) is -6.61. The molecule has 37 heavy (non-hydrogen) atoms. The Morgan fingerprint density at radius 3 is 2.43 bits per heavy atom. The molecule has 0 aliphatic heterocycles. The summed E-state index contributed by atoms with van der Waals surface area (Å²) in [5, 5.41) is 0.642. The van der Waals surface area contributed by atoms with E-state index in [0.717, 1.165) is 18.4 Å². The van der Waals surface area contributed by atoms with Crippen molar-refractivity contribution in [2.75, 3.05) is 23.8 Å². The largest absolute Gasteiger partial charge is 0.480 e. The summed E-state index contributed by atoms with van der Waals surface area (Å²) in [5.74, 6) is -2.06. The number of hydrogen-bond acceptors (Lipinski definition) is 8. The molecule has 0 spiro atoms. The third-order valence-corrected chi connectivity index (χ3v) is 7.33. The summed E-state index contributed by atoms with van der Waals surface area (Å²) in [5.41, 5.74) is 8.01. The fourth-order valence-electron chi connectivity index (χ4n) is 3.50. The van der Waals surface area contributed by atoms with Crippen molar-refractivity contribution < 1.29 is 30.4 Å². The van der Waals surface area contributed by atoms with Crippen LogP contribution in [0.25, 0.3) is 22.0 Å². The molecule has 0 bridgehead atoms. The minimum Gasteiger partial charge on any atom is -0.480 e. The van der Waals surface area contributed by atoms with Crippen molar-refractivity contribution in [2.45, 2.75) is 11.4 Å². The van der Waals surface area contributed by atoms with Crippen molar-refractivity contribution in [3.63, 3.8) is 0 Å². The molecule has 0 atom stereocenters. The highest BCUT2D eigenvalue weighted by Gasteiger charge is 2.22. The Balaban J connectivity index is 1.72. The standard InChI is InChI=1S/C23H21F2N5O5S2/c1-35-23-20(30-37(33,34)21-6-4-17(24)10-18(21)25)9-15(11-27-23)13-3-5-19-14(7-13)8-16(22(26)29-19)12-28-36(2,31)32/h3-11,28,30H,12H2,1-2H3,(H2,26,29). The molecule has 4 rings (SSSR count). The number of sulfonamides is 2. The molecule has 0 saturated heterocycles. The van der Waals surface area contributed by atoms with Crippen molar-refractivity contribution in [3.8, 4) is 17.0 Å². The number of nitrogen functional groups attached to an aromatic ring is 1. The van der Waals surface area contributed by atoms with Gasteiger partial charge < -0.3 is 10.5 Å². The Morgan fingerprint density at radius 2 is 1.76 bits per heavy atom. The Labute approximate surface area is 211 Å². The van der Waals surface area contributed by atoms with Crippen molar-refractivity contribution >= 4 is 42.5 Å².